The molecule has 18 heavy (non-hydrogen) atoms. The van der Waals surface area contributed by atoms with E-state index < -0.39 is 11.7 Å². The van der Waals surface area contributed by atoms with E-state index in [1.807, 2.05) is 13.8 Å². The molecule has 100 valence electrons. The SMILES string of the molecule is CC.Cc1c(C(F)(F)F)cn2c(C)nnc2c1N. The lowest BCUT2D eigenvalue weighted by Crippen LogP contribution is -2.12. The number of fused-ring (bicyclic) bond motifs is 1. The molecule has 0 aliphatic carbocycles. The second-order valence-corrected chi connectivity index (χ2v) is 3.52. The number of nitrogens with two attached hydrogens (primary N) is 1. The molecule has 0 saturated heterocycles. The van der Waals surface area contributed by atoms with Gasteiger partial charge in [0.05, 0.1) is 11.3 Å². The Labute approximate surface area is 103 Å². The Hall–Kier alpha value is -1.79. The summed E-state index contributed by atoms with van der Waals surface area (Å²) in [6, 6.07) is 0. The number of aryl methyl sites for hydroxylation is 1. The van der Waals surface area contributed by atoms with E-state index in [1.165, 1.54) is 11.3 Å². The van der Waals surface area contributed by atoms with E-state index in [0.717, 1.165) is 6.20 Å². The fourth-order valence-electron chi connectivity index (χ4n) is 1.53. The van der Waals surface area contributed by atoms with Crippen molar-refractivity contribution in [2.24, 2.45) is 0 Å². The van der Waals surface area contributed by atoms with E-state index in [9.17, 15) is 13.2 Å². The standard InChI is InChI=1S/C9H9F3N4.C2H6/c1-4-6(9(10,11)12)3-16-5(2)14-15-8(16)7(4)13;1-2/h3H,13H2,1-2H3;1-2H3. The maximum absolute atomic E-state index is 12.7. The highest BCUT2D eigenvalue weighted by molar-refractivity contribution is 5.70. The molecule has 0 aliphatic heterocycles. The highest BCUT2D eigenvalue weighted by atomic mass is 19.4. The van der Waals surface area contributed by atoms with Gasteiger partial charge in [0.15, 0.2) is 5.65 Å². The van der Waals surface area contributed by atoms with E-state index >= 15 is 0 Å². The van der Waals surface area contributed by atoms with Gasteiger partial charge in [-0.15, -0.1) is 10.2 Å². The Morgan fingerprint density at radius 2 is 1.72 bits per heavy atom. The van der Waals surface area contributed by atoms with Crippen LogP contribution in [-0.2, 0) is 6.18 Å². The fraction of sp³-hybridized carbons (Fsp3) is 0.455. The minimum absolute atomic E-state index is 0.00965. The maximum Gasteiger partial charge on any atom is 0.418 e. The van der Waals surface area contributed by atoms with E-state index in [-0.39, 0.29) is 16.9 Å². The van der Waals surface area contributed by atoms with Crippen molar-refractivity contribution in [2.45, 2.75) is 33.9 Å². The summed E-state index contributed by atoms with van der Waals surface area (Å²) in [6.45, 7) is 6.89. The third-order valence-electron chi connectivity index (χ3n) is 2.48. The van der Waals surface area contributed by atoms with Crippen LogP contribution in [0.3, 0.4) is 0 Å². The van der Waals surface area contributed by atoms with Crippen LogP contribution in [0.2, 0.25) is 0 Å². The van der Waals surface area contributed by atoms with Crippen LogP contribution in [0.4, 0.5) is 18.9 Å². The summed E-state index contributed by atoms with van der Waals surface area (Å²) in [7, 11) is 0. The van der Waals surface area contributed by atoms with Crippen molar-refractivity contribution in [3.05, 3.63) is 23.1 Å². The predicted molar refractivity (Wildman–Crippen MR) is 63.2 cm³/mol. The number of nitrogen functional groups attached to an aromatic ring is 1. The lowest BCUT2D eigenvalue weighted by molar-refractivity contribution is -0.138. The van der Waals surface area contributed by atoms with E-state index in [1.54, 1.807) is 6.92 Å². The molecule has 4 nitrogen and oxygen atoms in total. The minimum Gasteiger partial charge on any atom is -0.395 e. The van der Waals surface area contributed by atoms with Crippen LogP contribution in [0, 0.1) is 13.8 Å². The molecule has 2 N–H and O–H groups in total. The zero-order valence-electron chi connectivity index (χ0n) is 10.6. The summed E-state index contributed by atoms with van der Waals surface area (Å²) in [5.74, 6) is 0.368. The number of alkyl halides is 3. The Balaban J connectivity index is 0.000000771. The Bertz CT molecular complexity index is 557. The first-order valence-corrected chi connectivity index (χ1v) is 5.50. The monoisotopic (exact) mass is 260 g/mol. The number of nitrogens with zero attached hydrogens (tertiary/aromatic N) is 3. The molecule has 2 aromatic rings. The second kappa shape index (κ2) is 4.83. The molecular formula is C11H15F3N4. The Morgan fingerprint density at radius 1 is 1.17 bits per heavy atom. The van der Waals surface area contributed by atoms with Crippen molar-refractivity contribution in [1.82, 2.24) is 14.6 Å². The first-order chi connectivity index (χ1) is 8.32. The van der Waals surface area contributed by atoms with Gasteiger partial charge in [0, 0.05) is 6.20 Å². The van der Waals surface area contributed by atoms with Gasteiger partial charge in [0.25, 0.3) is 0 Å². The fourth-order valence-corrected chi connectivity index (χ4v) is 1.53. The molecule has 0 unspecified atom stereocenters. The van der Waals surface area contributed by atoms with Gasteiger partial charge in [-0.3, -0.25) is 4.40 Å². The third-order valence-corrected chi connectivity index (χ3v) is 2.48. The normalized spacial score (nSPS) is 11.3. The van der Waals surface area contributed by atoms with Crippen LogP contribution in [0.25, 0.3) is 5.65 Å². The predicted octanol–water partition coefficient (Wildman–Crippen LogP) is 2.97. The molecule has 2 heterocycles. The summed E-state index contributed by atoms with van der Waals surface area (Å²) >= 11 is 0. The van der Waals surface area contributed by atoms with E-state index in [0.29, 0.717) is 5.82 Å². The average Bonchev–Trinajstić information content (AvgIpc) is 2.67. The molecule has 0 aliphatic rings. The molecule has 0 atom stereocenters. The molecule has 2 aromatic heterocycles. The van der Waals surface area contributed by atoms with Crippen LogP contribution in [0.5, 0.6) is 0 Å². The first kappa shape index (κ1) is 14.3. The molecule has 0 fully saturated rings. The van der Waals surface area contributed by atoms with Crippen molar-refractivity contribution in [1.29, 1.82) is 0 Å². The van der Waals surface area contributed by atoms with Crippen LogP contribution >= 0.6 is 0 Å². The molecular weight excluding hydrogens is 245 g/mol. The van der Waals surface area contributed by atoms with Gasteiger partial charge in [-0.25, -0.2) is 0 Å². The number of rotatable bonds is 0. The van der Waals surface area contributed by atoms with Gasteiger partial charge >= 0.3 is 6.18 Å². The van der Waals surface area contributed by atoms with Gasteiger partial charge in [-0.05, 0) is 19.4 Å². The van der Waals surface area contributed by atoms with E-state index in [2.05, 4.69) is 10.2 Å². The van der Waals surface area contributed by atoms with Gasteiger partial charge in [0.1, 0.15) is 5.82 Å². The molecule has 0 bridgehead atoms. The summed E-state index contributed by atoms with van der Waals surface area (Å²) in [5, 5.41) is 7.41. The second-order valence-electron chi connectivity index (χ2n) is 3.52. The molecule has 0 aromatic carbocycles. The minimum atomic E-state index is -4.43. The van der Waals surface area contributed by atoms with Crippen molar-refractivity contribution in [3.63, 3.8) is 0 Å². The molecule has 0 amide bonds. The van der Waals surface area contributed by atoms with Crippen molar-refractivity contribution < 1.29 is 13.2 Å². The van der Waals surface area contributed by atoms with Crippen molar-refractivity contribution >= 4 is 11.3 Å². The molecule has 7 heteroatoms. The van der Waals surface area contributed by atoms with Gasteiger partial charge < -0.3 is 5.73 Å². The van der Waals surface area contributed by atoms with Crippen molar-refractivity contribution in [3.8, 4) is 0 Å². The number of halogens is 3. The summed E-state index contributed by atoms with van der Waals surface area (Å²) in [6.07, 6.45) is -3.46. The number of aromatic nitrogens is 3. The van der Waals surface area contributed by atoms with Crippen LogP contribution in [0.15, 0.2) is 6.20 Å². The van der Waals surface area contributed by atoms with E-state index in [4.69, 9.17) is 5.73 Å². The third kappa shape index (κ3) is 2.25. The maximum atomic E-state index is 12.7. The van der Waals surface area contributed by atoms with Gasteiger partial charge in [0.2, 0.25) is 0 Å². The summed E-state index contributed by atoms with van der Waals surface area (Å²) in [4.78, 5) is 0. The zero-order valence-corrected chi connectivity index (χ0v) is 10.6. The molecule has 0 saturated carbocycles. The lowest BCUT2D eigenvalue weighted by Gasteiger charge is -2.13. The topological polar surface area (TPSA) is 56.2 Å². The number of hydrogen-bond donors (Lipinski definition) is 1. The quantitative estimate of drug-likeness (QED) is 0.792. The smallest absolute Gasteiger partial charge is 0.395 e. The number of hydrogen-bond acceptors (Lipinski definition) is 3. The average molecular weight is 260 g/mol. The number of pyridine rings is 1. The number of anilines is 1. The van der Waals surface area contributed by atoms with Crippen LogP contribution in [-0.4, -0.2) is 14.6 Å². The largest absolute Gasteiger partial charge is 0.418 e. The van der Waals surface area contributed by atoms with Gasteiger partial charge in [-0.1, -0.05) is 13.8 Å². The summed E-state index contributed by atoms with van der Waals surface area (Å²) in [5.41, 5.74) is 5.08. The van der Waals surface area contributed by atoms with Gasteiger partial charge in [-0.2, -0.15) is 13.2 Å². The van der Waals surface area contributed by atoms with Crippen molar-refractivity contribution in [2.75, 3.05) is 5.73 Å². The first-order valence-electron chi connectivity index (χ1n) is 5.50. The molecule has 0 radical (unpaired) electrons. The Kier molecular flexibility index (Phi) is 3.83. The van der Waals surface area contributed by atoms with Crippen LogP contribution in [0.1, 0.15) is 30.8 Å². The zero-order chi connectivity index (χ0) is 14.1. The molecule has 0 spiro atoms. The lowest BCUT2D eigenvalue weighted by atomic mass is 10.1. The highest BCUT2D eigenvalue weighted by Crippen LogP contribution is 2.35. The summed E-state index contributed by atoms with van der Waals surface area (Å²) < 4.78 is 39.3. The Morgan fingerprint density at radius 3 is 2.22 bits per heavy atom. The highest BCUT2D eigenvalue weighted by Gasteiger charge is 2.34. The molecule has 2 rings (SSSR count). The van der Waals surface area contributed by atoms with Crippen LogP contribution < -0.4 is 5.73 Å².